The van der Waals surface area contributed by atoms with E-state index in [1.807, 2.05) is 0 Å². The second kappa shape index (κ2) is 8.10. The first-order valence-electron chi connectivity index (χ1n) is 6.73. The Labute approximate surface area is 163 Å². The van der Waals surface area contributed by atoms with E-state index in [-0.39, 0.29) is 22.7 Å². The van der Waals surface area contributed by atoms with E-state index in [1.54, 1.807) is 6.07 Å². The summed E-state index contributed by atoms with van der Waals surface area (Å²) < 4.78 is 6.11. The van der Waals surface area contributed by atoms with Gasteiger partial charge < -0.3 is 9.84 Å². The number of methoxy groups -OCH3 is 1. The molecule has 26 heavy (non-hydrogen) atoms. The van der Waals surface area contributed by atoms with E-state index < -0.39 is 21.2 Å². The number of hydrogen-bond acceptors (Lipinski definition) is 8. The number of hydrazone groups is 1. The molecule has 2 N–H and O–H groups in total. The van der Waals surface area contributed by atoms with Gasteiger partial charge in [-0.15, -0.1) is 0 Å². The minimum Gasteiger partial charge on any atom is -0.504 e. The van der Waals surface area contributed by atoms with Gasteiger partial charge in [0.1, 0.15) is 5.69 Å². The lowest BCUT2D eigenvalue weighted by molar-refractivity contribution is -0.393. The number of hydrogen-bond donors (Lipinski definition) is 2. The van der Waals surface area contributed by atoms with Gasteiger partial charge in [-0.25, -0.2) is 0 Å². The number of halogens is 2. The van der Waals surface area contributed by atoms with Crippen LogP contribution in [0.1, 0.15) is 5.56 Å². The van der Waals surface area contributed by atoms with Gasteiger partial charge in [-0.2, -0.15) is 5.10 Å². The fraction of sp³-hybridized carbons (Fsp3) is 0.0714. The maximum atomic E-state index is 11.1. The van der Waals surface area contributed by atoms with Crippen molar-refractivity contribution in [3.8, 4) is 11.5 Å². The number of anilines is 1. The van der Waals surface area contributed by atoms with Gasteiger partial charge in [0, 0.05) is 15.0 Å². The summed E-state index contributed by atoms with van der Waals surface area (Å²) in [5.74, 6) is 0.00849. The first kappa shape index (κ1) is 19.6. The average molecular weight is 490 g/mol. The lowest BCUT2D eigenvalue weighted by Gasteiger charge is -2.09. The van der Waals surface area contributed by atoms with Crippen molar-refractivity contribution in [2.75, 3.05) is 12.5 Å². The van der Waals surface area contributed by atoms with Crippen LogP contribution in [0.3, 0.4) is 0 Å². The van der Waals surface area contributed by atoms with Crippen molar-refractivity contribution in [1.82, 2.24) is 0 Å². The van der Waals surface area contributed by atoms with E-state index >= 15 is 0 Å². The van der Waals surface area contributed by atoms with E-state index in [1.165, 1.54) is 19.4 Å². The molecule has 0 bridgehead atoms. The van der Waals surface area contributed by atoms with E-state index in [9.17, 15) is 25.3 Å². The second-order valence-corrected chi connectivity index (χ2v) is 6.37. The molecule has 2 aromatic rings. The summed E-state index contributed by atoms with van der Waals surface area (Å²) in [5.41, 5.74) is 1.73. The molecule has 0 amide bonds. The van der Waals surface area contributed by atoms with E-state index in [2.05, 4.69) is 42.4 Å². The number of phenolic OH excluding ortho intramolecular Hbond substituents is 1. The van der Waals surface area contributed by atoms with Crippen molar-refractivity contribution in [2.45, 2.75) is 0 Å². The minimum absolute atomic E-state index is 0.0468. The van der Waals surface area contributed by atoms with Crippen LogP contribution in [0, 0.1) is 20.2 Å². The maximum Gasteiger partial charge on any atom is 0.301 e. The average Bonchev–Trinajstić information content (AvgIpc) is 2.60. The molecule has 10 nitrogen and oxygen atoms in total. The molecule has 0 aliphatic rings. The van der Waals surface area contributed by atoms with Crippen LogP contribution in [0.5, 0.6) is 11.5 Å². The van der Waals surface area contributed by atoms with Crippen LogP contribution in [0.15, 0.2) is 38.3 Å². The Morgan fingerprint density at radius 3 is 2.50 bits per heavy atom. The zero-order chi connectivity index (χ0) is 19.4. The van der Waals surface area contributed by atoms with Gasteiger partial charge in [-0.1, -0.05) is 0 Å². The molecular formula is C14H10Br2N4O6. The van der Waals surface area contributed by atoms with E-state index in [0.29, 0.717) is 8.95 Å². The number of aromatic hydroxyl groups is 1. The zero-order valence-electron chi connectivity index (χ0n) is 13.0. The molecule has 0 aliphatic carbocycles. The predicted octanol–water partition coefficient (Wildman–Crippen LogP) is 4.19. The zero-order valence-corrected chi connectivity index (χ0v) is 16.1. The number of phenols is 1. The smallest absolute Gasteiger partial charge is 0.301 e. The van der Waals surface area contributed by atoms with Crippen molar-refractivity contribution >= 4 is 55.1 Å². The van der Waals surface area contributed by atoms with Crippen molar-refractivity contribution in [2.24, 2.45) is 5.10 Å². The van der Waals surface area contributed by atoms with Crippen LogP contribution in [0.25, 0.3) is 0 Å². The van der Waals surface area contributed by atoms with Gasteiger partial charge in [0.2, 0.25) is 0 Å². The first-order chi connectivity index (χ1) is 12.3. The molecule has 136 valence electrons. The third kappa shape index (κ3) is 4.08. The number of nitro groups is 2. The number of benzene rings is 2. The summed E-state index contributed by atoms with van der Waals surface area (Å²) in [6.07, 6.45) is 1.22. The van der Waals surface area contributed by atoms with Crippen LogP contribution in [0.4, 0.5) is 17.1 Å². The molecule has 0 aliphatic heterocycles. The minimum atomic E-state index is -0.764. The van der Waals surface area contributed by atoms with E-state index in [0.717, 1.165) is 12.1 Å². The number of nitrogens with one attached hydrogen (secondary N) is 1. The normalized spacial score (nSPS) is 10.7. The third-order valence-corrected chi connectivity index (χ3v) is 5.19. The van der Waals surface area contributed by atoms with Gasteiger partial charge in [0.05, 0.1) is 34.8 Å². The lowest BCUT2D eigenvalue weighted by atomic mass is 10.2. The maximum absolute atomic E-state index is 11.1. The fourth-order valence-corrected chi connectivity index (χ4v) is 2.76. The van der Waals surface area contributed by atoms with Crippen LogP contribution in [0.2, 0.25) is 0 Å². The van der Waals surface area contributed by atoms with Crippen molar-refractivity contribution in [3.05, 3.63) is 59.0 Å². The number of nitro benzene ring substituents is 2. The summed E-state index contributed by atoms with van der Waals surface area (Å²) in [6, 6.07) is 4.66. The molecular weight excluding hydrogens is 480 g/mol. The molecule has 2 rings (SSSR count). The molecule has 0 fully saturated rings. The highest BCUT2D eigenvalue weighted by atomic mass is 79.9. The molecule has 0 saturated heterocycles. The summed E-state index contributed by atoms with van der Waals surface area (Å²) in [6.45, 7) is 0. The number of ether oxygens (including phenoxy) is 1. The van der Waals surface area contributed by atoms with Gasteiger partial charge in [-0.3, -0.25) is 25.7 Å². The van der Waals surface area contributed by atoms with Gasteiger partial charge >= 0.3 is 5.69 Å². The van der Waals surface area contributed by atoms with Crippen molar-refractivity contribution in [3.63, 3.8) is 0 Å². The Balaban J connectivity index is 2.36. The third-order valence-electron chi connectivity index (χ3n) is 3.18. The summed E-state index contributed by atoms with van der Waals surface area (Å²) in [7, 11) is 1.38. The molecule has 0 heterocycles. The fourth-order valence-electron chi connectivity index (χ4n) is 1.93. The Morgan fingerprint density at radius 1 is 1.23 bits per heavy atom. The Kier molecular flexibility index (Phi) is 6.10. The monoisotopic (exact) mass is 488 g/mol. The van der Waals surface area contributed by atoms with E-state index in [4.69, 9.17) is 4.74 Å². The summed E-state index contributed by atoms with van der Waals surface area (Å²) >= 11 is 6.57. The van der Waals surface area contributed by atoms with Gasteiger partial charge in [0.15, 0.2) is 11.5 Å². The van der Waals surface area contributed by atoms with Crippen LogP contribution < -0.4 is 10.2 Å². The molecule has 0 saturated carbocycles. The van der Waals surface area contributed by atoms with Gasteiger partial charge in [-0.05, 0) is 44.0 Å². The number of nitrogens with zero attached hydrogens (tertiary/aromatic N) is 3. The van der Waals surface area contributed by atoms with Crippen molar-refractivity contribution < 1.29 is 19.7 Å². The summed E-state index contributed by atoms with van der Waals surface area (Å²) in [5, 5.41) is 35.8. The second-order valence-electron chi connectivity index (χ2n) is 4.72. The molecule has 12 heteroatoms. The summed E-state index contributed by atoms with van der Waals surface area (Å²) in [4.78, 5) is 20.3. The van der Waals surface area contributed by atoms with Crippen molar-refractivity contribution in [1.29, 1.82) is 0 Å². The molecule has 0 spiro atoms. The molecule has 0 unspecified atom stereocenters. The molecule has 0 aromatic heterocycles. The standard InChI is InChI=1S/C14H10Br2N4O6/c1-26-12-5-9(15)13(16)8(14(12)21)6-17-18-10-3-2-7(19(22)23)4-11(10)20(24)25/h2-6,18,21H,1H3/b17-6-. The van der Waals surface area contributed by atoms with Crippen LogP contribution in [-0.2, 0) is 0 Å². The van der Waals surface area contributed by atoms with Crippen LogP contribution in [-0.4, -0.2) is 28.3 Å². The highest BCUT2D eigenvalue weighted by Crippen LogP contribution is 2.39. The first-order valence-corrected chi connectivity index (χ1v) is 8.31. The highest BCUT2D eigenvalue weighted by molar-refractivity contribution is 9.13. The topological polar surface area (TPSA) is 140 Å². The molecule has 2 aromatic carbocycles. The molecule has 0 atom stereocenters. The Morgan fingerprint density at radius 2 is 1.92 bits per heavy atom. The lowest BCUT2D eigenvalue weighted by Crippen LogP contribution is -1.99. The van der Waals surface area contributed by atoms with Crippen LogP contribution >= 0.6 is 31.9 Å². The molecule has 0 radical (unpaired) electrons. The Hall–Kier alpha value is -2.73. The quantitative estimate of drug-likeness (QED) is 0.352. The predicted molar refractivity (Wildman–Crippen MR) is 101 cm³/mol. The number of non-ortho nitro benzene ring substituents is 1. The SMILES string of the molecule is COc1cc(Br)c(Br)c(/C=N\Nc2ccc([N+](=O)[O-])cc2[N+](=O)[O-])c1O. The largest absolute Gasteiger partial charge is 0.504 e. The highest BCUT2D eigenvalue weighted by Gasteiger charge is 2.19. The number of rotatable bonds is 6. The Bertz CT molecular complexity index is 919. The van der Waals surface area contributed by atoms with Gasteiger partial charge in [0.25, 0.3) is 5.69 Å².